The van der Waals surface area contributed by atoms with Gasteiger partial charge in [-0.15, -0.1) is 0 Å². The van der Waals surface area contributed by atoms with Gasteiger partial charge in [0.05, 0.1) is 5.52 Å². The van der Waals surface area contributed by atoms with Crippen molar-refractivity contribution in [2.24, 2.45) is 0 Å². The maximum absolute atomic E-state index is 13.1. The predicted octanol–water partition coefficient (Wildman–Crippen LogP) is 4.47. The molecule has 0 saturated heterocycles. The summed E-state index contributed by atoms with van der Waals surface area (Å²) in [6, 6.07) is 11.3. The number of nitrogens with one attached hydrogen (secondary N) is 1. The molecule has 6 nitrogen and oxygen atoms in total. The second-order valence-corrected chi connectivity index (χ2v) is 7.23. The highest BCUT2D eigenvalue weighted by molar-refractivity contribution is 6.09. The molecule has 3 aromatic rings. The van der Waals surface area contributed by atoms with Gasteiger partial charge in [-0.2, -0.15) is 0 Å². The minimum atomic E-state index is -0.320. The average molecular weight is 393 g/mol. The Balaban J connectivity index is 2.00. The van der Waals surface area contributed by atoms with E-state index in [0.29, 0.717) is 18.6 Å². The van der Waals surface area contributed by atoms with E-state index in [1.807, 2.05) is 64.1 Å². The number of hydrogen-bond donors (Lipinski definition) is 1. The Bertz CT molecular complexity index is 1030. The Labute approximate surface area is 171 Å². The third-order valence-corrected chi connectivity index (χ3v) is 5.08. The van der Waals surface area contributed by atoms with Crippen molar-refractivity contribution in [3.63, 3.8) is 0 Å². The Kier molecular flexibility index (Phi) is 6.32. The number of hydrogen-bond acceptors (Lipinski definition) is 3. The molecular formula is C23H28N4O2. The van der Waals surface area contributed by atoms with E-state index < -0.39 is 0 Å². The van der Waals surface area contributed by atoms with Crippen LogP contribution in [-0.4, -0.2) is 39.2 Å². The summed E-state index contributed by atoms with van der Waals surface area (Å²) >= 11 is 0. The van der Waals surface area contributed by atoms with Gasteiger partial charge in [0.2, 0.25) is 5.82 Å². The van der Waals surface area contributed by atoms with E-state index in [9.17, 15) is 9.59 Å². The maximum Gasteiger partial charge on any atom is 0.290 e. The first kappa shape index (κ1) is 20.6. The van der Waals surface area contributed by atoms with Gasteiger partial charge < -0.3 is 10.2 Å². The van der Waals surface area contributed by atoms with Crippen molar-refractivity contribution < 1.29 is 9.59 Å². The summed E-state index contributed by atoms with van der Waals surface area (Å²) in [5, 5.41) is 2.95. The van der Waals surface area contributed by atoms with Gasteiger partial charge in [0.15, 0.2) is 5.69 Å². The number of amides is 2. The van der Waals surface area contributed by atoms with Crippen LogP contribution < -0.4 is 5.32 Å². The molecule has 2 amide bonds. The van der Waals surface area contributed by atoms with Gasteiger partial charge in [-0.05, 0) is 56.0 Å². The Morgan fingerprint density at radius 1 is 1.03 bits per heavy atom. The molecule has 0 radical (unpaired) electrons. The lowest BCUT2D eigenvalue weighted by molar-refractivity contribution is 0.0742. The molecule has 0 aliphatic carbocycles. The van der Waals surface area contributed by atoms with E-state index in [1.165, 1.54) is 0 Å². The van der Waals surface area contributed by atoms with Crippen LogP contribution in [0.4, 0.5) is 5.69 Å². The quantitative estimate of drug-likeness (QED) is 0.645. The first-order chi connectivity index (χ1) is 14.0. The molecule has 0 unspecified atom stereocenters. The molecule has 0 spiro atoms. The number of fused-ring (bicyclic) bond motifs is 1. The van der Waals surface area contributed by atoms with Gasteiger partial charge in [0.25, 0.3) is 11.8 Å². The van der Waals surface area contributed by atoms with E-state index in [1.54, 1.807) is 15.5 Å². The normalized spacial score (nSPS) is 10.9. The van der Waals surface area contributed by atoms with Crippen LogP contribution in [0, 0.1) is 13.8 Å². The molecule has 0 aliphatic heterocycles. The summed E-state index contributed by atoms with van der Waals surface area (Å²) in [4.78, 5) is 32.5. The zero-order chi connectivity index (χ0) is 21.0. The minimum Gasteiger partial charge on any atom is -0.336 e. The number of anilines is 1. The van der Waals surface area contributed by atoms with Gasteiger partial charge in [-0.1, -0.05) is 32.0 Å². The fourth-order valence-electron chi connectivity index (χ4n) is 3.42. The second-order valence-electron chi connectivity index (χ2n) is 7.23. The molecule has 152 valence electrons. The van der Waals surface area contributed by atoms with Gasteiger partial charge in [0.1, 0.15) is 0 Å². The summed E-state index contributed by atoms with van der Waals surface area (Å²) < 4.78 is 1.71. The van der Waals surface area contributed by atoms with Crippen molar-refractivity contribution >= 4 is 23.0 Å². The lowest BCUT2D eigenvalue weighted by Gasteiger charge is -2.20. The largest absolute Gasteiger partial charge is 0.336 e. The molecule has 0 fully saturated rings. The first-order valence-electron chi connectivity index (χ1n) is 10.1. The first-order valence-corrected chi connectivity index (χ1v) is 10.1. The van der Waals surface area contributed by atoms with Crippen LogP contribution in [-0.2, 0) is 0 Å². The lowest BCUT2D eigenvalue weighted by atomic mass is 10.1. The molecule has 0 aliphatic rings. The summed E-state index contributed by atoms with van der Waals surface area (Å²) in [6.07, 6.45) is 3.52. The van der Waals surface area contributed by atoms with Crippen molar-refractivity contribution in [1.29, 1.82) is 0 Å². The fourth-order valence-corrected chi connectivity index (χ4v) is 3.42. The van der Waals surface area contributed by atoms with Crippen LogP contribution in [0.3, 0.4) is 0 Å². The van der Waals surface area contributed by atoms with Crippen molar-refractivity contribution in [2.45, 2.75) is 40.5 Å². The van der Waals surface area contributed by atoms with Crippen LogP contribution in [0.5, 0.6) is 0 Å². The Morgan fingerprint density at radius 3 is 2.45 bits per heavy atom. The number of aryl methyl sites for hydroxylation is 1. The number of imidazole rings is 1. The summed E-state index contributed by atoms with van der Waals surface area (Å²) in [5.41, 5.74) is 3.73. The van der Waals surface area contributed by atoms with Crippen LogP contribution >= 0.6 is 0 Å². The smallest absolute Gasteiger partial charge is 0.290 e. The number of pyridine rings is 1. The molecule has 2 aromatic heterocycles. The van der Waals surface area contributed by atoms with E-state index >= 15 is 0 Å². The molecule has 6 heteroatoms. The highest BCUT2D eigenvalue weighted by Crippen LogP contribution is 2.21. The predicted molar refractivity (Wildman–Crippen MR) is 116 cm³/mol. The molecule has 0 saturated carbocycles. The van der Waals surface area contributed by atoms with Gasteiger partial charge in [-0.25, -0.2) is 4.98 Å². The van der Waals surface area contributed by atoms with Crippen LogP contribution in [0.2, 0.25) is 0 Å². The number of aromatic nitrogens is 2. The highest BCUT2D eigenvalue weighted by atomic mass is 16.2. The third kappa shape index (κ3) is 4.16. The zero-order valence-corrected chi connectivity index (χ0v) is 17.5. The molecule has 29 heavy (non-hydrogen) atoms. The molecule has 1 N–H and O–H groups in total. The second kappa shape index (κ2) is 8.90. The number of benzene rings is 1. The SMILES string of the molecule is CCCN(CCC)C(=O)c1nc(C(=O)Nc2cccc(C)c2C)c2ccccn12. The van der Waals surface area contributed by atoms with Crippen molar-refractivity contribution in [3.05, 3.63) is 65.2 Å². The number of carbonyl (C=O) groups excluding carboxylic acids is 2. The monoisotopic (exact) mass is 392 g/mol. The summed E-state index contributed by atoms with van der Waals surface area (Å²) in [6.45, 7) is 9.39. The van der Waals surface area contributed by atoms with Crippen LogP contribution in [0.25, 0.3) is 5.52 Å². The van der Waals surface area contributed by atoms with Gasteiger partial charge >= 0.3 is 0 Å². The van der Waals surface area contributed by atoms with Gasteiger partial charge in [0, 0.05) is 25.0 Å². The molecule has 0 bridgehead atoms. The molecular weight excluding hydrogens is 364 g/mol. The van der Waals surface area contributed by atoms with Crippen LogP contribution in [0.15, 0.2) is 42.6 Å². The number of rotatable bonds is 7. The van der Waals surface area contributed by atoms with E-state index in [-0.39, 0.29) is 23.3 Å². The summed E-state index contributed by atoms with van der Waals surface area (Å²) in [7, 11) is 0. The molecule has 2 heterocycles. The maximum atomic E-state index is 13.1. The van der Waals surface area contributed by atoms with E-state index in [0.717, 1.165) is 29.7 Å². The third-order valence-electron chi connectivity index (χ3n) is 5.08. The minimum absolute atomic E-state index is 0.152. The highest BCUT2D eigenvalue weighted by Gasteiger charge is 2.25. The summed E-state index contributed by atoms with van der Waals surface area (Å²) in [5.74, 6) is -0.201. The molecule has 0 atom stereocenters. The van der Waals surface area contributed by atoms with Gasteiger partial charge in [-0.3, -0.25) is 14.0 Å². The van der Waals surface area contributed by atoms with E-state index in [4.69, 9.17) is 0 Å². The molecule has 1 aromatic carbocycles. The Morgan fingerprint density at radius 2 is 1.76 bits per heavy atom. The standard InChI is InChI=1S/C23H28N4O2/c1-5-13-26(14-6-2)23(29)21-25-20(19-12-7-8-15-27(19)21)22(28)24-18-11-9-10-16(3)17(18)4/h7-12,15H,5-6,13-14H2,1-4H3,(H,24,28). The number of carbonyl (C=O) groups is 2. The Hall–Kier alpha value is -3.15. The zero-order valence-electron chi connectivity index (χ0n) is 17.5. The fraction of sp³-hybridized carbons (Fsp3) is 0.348. The van der Waals surface area contributed by atoms with Crippen molar-refractivity contribution in [1.82, 2.24) is 14.3 Å². The van der Waals surface area contributed by atoms with E-state index in [2.05, 4.69) is 10.3 Å². The van der Waals surface area contributed by atoms with Crippen molar-refractivity contribution in [2.75, 3.05) is 18.4 Å². The number of nitrogens with zero attached hydrogens (tertiary/aromatic N) is 3. The topological polar surface area (TPSA) is 66.7 Å². The average Bonchev–Trinajstić information content (AvgIpc) is 3.10. The lowest BCUT2D eigenvalue weighted by Crippen LogP contribution is -2.33. The van der Waals surface area contributed by atoms with Crippen LogP contribution in [0.1, 0.15) is 58.9 Å². The van der Waals surface area contributed by atoms with Crippen molar-refractivity contribution in [3.8, 4) is 0 Å². The molecule has 3 rings (SSSR count).